The topological polar surface area (TPSA) is 75.1 Å². The van der Waals surface area contributed by atoms with E-state index in [0.717, 1.165) is 29.5 Å². The Morgan fingerprint density at radius 1 is 0.853 bits per heavy atom. The van der Waals surface area contributed by atoms with Crippen LogP contribution in [0.1, 0.15) is 35.2 Å². The fraction of sp³-hybridized carbons (Fsp3) is 0.138. The number of anilines is 1. The van der Waals surface area contributed by atoms with Crippen LogP contribution in [0.4, 0.5) is 5.82 Å². The second kappa shape index (κ2) is 11.7. The predicted molar refractivity (Wildman–Crippen MR) is 137 cm³/mol. The zero-order valence-electron chi connectivity index (χ0n) is 18.9. The van der Waals surface area contributed by atoms with E-state index in [1.54, 1.807) is 6.20 Å². The summed E-state index contributed by atoms with van der Waals surface area (Å²) in [5.41, 5.74) is 5.25. The van der Waals surface area contributed by atoms with E-state index in [-0.39, 0.29) is 12.5 Å². The van der Waals surface area contributed by atoms with Crippen LogP contribution < -0.4 is 5.32 Å². The maximum atomic E-state index is 12.6. The Hall–Kier alpha value is -4.09. The normalized spacial score (nSPS) is 11.0. The van der Waals surface area contributed by atoms with Crippen LogP contribution in [0.25, 0.3) is 23.4 Å². The third-order valence-electron chi connectivity index (χ3n) is 5.43. The highest BCUT2D eigenvalue weighted by molar-refractivity contribution is 5.92. The minimum Gasteiger partial charge on any atom is -0.392 e. The van der Waals surface area contributed by atoms with Crippen LogP contribution in [-0.2, 0) is 17.8 Å². The van der Waals surface area contributed by atoms with Gasteiger partial charge in [0.25, 0.3) is 0 Å². The molecule has 0 spiro atoms. The van der Waals surface area contributed by atoms with Gasteiger partial charge in [-0.2, -0.15) is 0 Å². The summed E-state index contributed by atoms with van der Waals surface area (Å²) < 4.78 is 0. The molecule has 4 rings (SSSR count). The summed E-state index contributed by atoms with van der Waals surface area (Å²) in [6, 6.07) is 27.6. The third kappa shape index (κ3) is 6.47. The molecule has 0 radical (unpaired) electrons. The smallest absolute Gasteiger partial charge is 0.225 e. The zero-order valence-corrected chi connectivity index (χ0v) is 18.9. The molecule has 1 amide bonds. The summed E-state index contributed by atoms with van der Waals surface area (Å²) in [6.07, 6.45) is 7.49. The average Bonchev–Trinajstić information content (AvgIpc) is 2.89. The lowest BCUT2D eigenvalue weighted by molar-refractivity contribution is -0.116. The molecule has 0 fully saturated rings. The lowest BCUT2D eigenvalue weighted by Crippen LogP contribution is -2.14. The van der Waals surface area contributed by atoms with Gasteiger partial charge in [-0.25, -0.2) is 9.97 Å². The van der Waals surface area contributed by atoms with Gasteiger partial charge in [-0.05, 0) is 35.6 Å². The second-order valence-corrected chi connectivity index (χ2v) is 7.98. The Morgan fingerprint density at radius 2 is 1.56 bits per heavy atom. The van der Waals surface area contributed by atoms with E-state index in [1.165, 1.54) is 5.56 Å². The molecule has 0 aliphatic heterocycles. The van der Waals surface area contributed by atoms with Gasteiger partial charge in [-0.3, -0.25) is 4.79 Å². The summed E-state index contributed by atoms with van der Waals surface area (Å²) in [4.78, 5) is 21.9. The average molecular weight is 450 g/mol. The molecule has 0 aliphatic rings. The molecule has 0 atom stereocenters. The fourth-order valence-corrected chi connectivity index (χ4v) is 3.57. The second-order valence-electron chi connectivity index (χ2n) is 7.98. The SMILES string of the molecule is O=C(CCCc1ccccc1)Nc1ncc(-c2ccc(CO)cc2)nc1/C=C/c1ccccc1. The summed E-state index contributed by atoms with van der Waals surface area (Å²) in [5, 5.41) is 12.2. The van der Waals surface area contributed by atoms with E-state index >= 15 is 0 Å². The van der Waals surface area contributed by atoms with Crippen molar-refractivity contribution >= 4 is 23.9 Å². The summed E-state index contributed by atoms with van der Waals surface area (Å²) in [6.45, 7) is -0.00767. The van der Waals surface area contributed by atoms with Crippen molar-refractivity contribution in [3.63, 3.8) is 0 Å². The molecule has 2 N–H and O–H groups in total. The van der Waals surface area contributed by atoms with Crippen molar-refractivity contribution in [1.29, 1.82) is 0 Å². The minimum atomic E-state index is -0.0837. The van der Waals surface area contributed by atoms with Gasteiger partial charge in [0.2, 0.25) is 5.91 Å². The molecule has 34 heavy (non-hydrogen) atoms. The monoisotopic (exact) mass is 449 g/mol. The number of carbonyl (C=O) groups excluding carboxylic acids is 1. The summed E-state index contributed by atoms with van der Waals surface area (Å²) in [5.74, 6) is 0.354. The number of carbonyl (C=O) groups is 1. The van der Waals surface area contributed by atoms with Crippen molar-refractivity contribution in [3.05, 3.63) is 114 Å². The zero-order chi connectivity index (χ0) is 23.6. The lowest BCUT2D eigenvalue weighted by atomic mass is 10.1. The maximum Gasteiger partial charge on any atom is 0.225 e. The first kappa shape index (κ1) is 23.1. The van der Waals surface area contributed by atoms with Crippen LogP contribution >= 0.6 is 0 Å². The van der Waals surface area contributed by atoms with E-state index in [1.807, 2.05) is 84.9 Å². The Labute approximate surface area is 199 Å². The van der Waals surface area contributed by atoms with Crippen LogP contribution in [0, 0.1) is 0 Å². The van der Waals surface area contributed by atoms with Gasteiger partial charge in [-0.1, -0.05) is 91.0 Å². The number of aromatic nitrogens is 2. The Kier molecular flexibility index (Phi) is 7.93. The Bertz CT molecular complexity index is 1240. The highest BCUT2D eigenvalue weighted by Gasteiger charge is 2.11. The van der Waals surface area contributed by atoms with Crippen molar-refractivity contribution in [2.75, 3.05) is 5.32 Å². The predicted octanol–water partition coefficient (Wildman–Crippen LogP) is 5.77. The number of amides is 1. The molecule has 0 saturated carbocycles. The molecule has 0 unspecified atom stereocenters. The number of benzene rings is 3. The molecular weight excluding hydrogens is 422 g/mol. The first-order valence-electron chi connectivity index (χ1n) is 11.4. The van der Waals surface area contributed by atoms with Gasteiger partial charge in [0, 0.05) is 12.0 Å². The molecule has 0 bridgehead atoms. The molecule has 1 aromatic heterocycles. The van der Waals surface area contributed by atoms with Gasteiger partial charge >= 0.3 is 0 Å². The summed E-state index contributed by atoms with van der Waals surface area (Å²) in [7, 11) is 0. The highest BCUT2D eigenvalue weighted by Crippen LogP contribution is 2.22. The van der Waals surface area contributed by atoms with E-state index in [4.69, 9.17) is 4.98 Å². The number of aliphatic hydroxyl groups is 1. The number of rotatable bonds is 9. The number of nitrogens with zero attached hydrogens (tertiary/aromatic N) is 2. The van der Waals surface area contributed by atoms with Crippen molar-refractivity contribution in [3.8, 4) is 11.3 Å². The number of nitrogens with one attached hydrogen (secondary N) is 1. The van der Waals surface area contributed by atoms with Crippen LogP contribution in [0.5, 0.6) is 0 Å². The summed E-state index contributed by atoms with van der Waals surface area (Å²) >= 11 is 0. The van der Waals surface area contributed by atoms with E-state index < -0.39 is 0 Å². The third-order valence-corrected chi connectivity index (χ3v) is 5.43. The van der Waals surface area contributed by atoms with Crippen LogP contribution in [0.2, 0.25) is 0 Å². The molecule has 0 aliphatic carbocycles. The molecule has 5 heteroatoms. The number of hydrogen-bond acceptors (Lipinski definition) is 4. The van der Waals surface area contributed by atoms with Gasteiger partial charge in [0.05, 0.1) is 18.5 Å². The van der Waals surface area contributed by atoms with Crippen molar-refractivity contribution in [2.45, 2.75) is 25.9 Å². The van der Waals surface area contributed by atoms with Crippen LogP contribution in [-0.4, -0.2) is 21.0 Å². The fourth-order valence-electron chi connectivity index (χ4n) is 3.57. The minimum absolute atomic E-state index is 0.00767. The van der Waals surface area contributed by atoms with E-state index in [0.29, 0.717) is 23.6 Å². The quantitative estimate of drug-likeness (QED) is 0.340. The van der Waals surface area contributed by atoms with E-state index in [2.05, 4.69) is 22.4 Å². The van der Waals surface area contributed by atoms with Crippen LogP contribution in [0.15, 0.2) is 91.1 Å². The van der Waals surface area contributed by atoms with Gasteiger partial charge < -0.3 is 10.4 Å². The van der Waals surface area contributed by atoms with Crippen molar-refractivity contribution in [2.24, 2.45) is 0 Å². The Balaban J connectivity index is 1.52. The molecule has 3 aromatic carbocycles. The number of hydrogen-bond donors (Lipinski definition) is 2. The number of aliphatic hydroxyl groups excluding tert-OH is 1. The number of aryl methyl sites for hydroxylation is 1. The lowest BCUT2D eigenvalue weighted by Gasteiger charge is -2.10. The molecule has 5 nitrogen and oxygen atoms in total. The van der Waals surface area contributed by atoms with Crippen molar-refractivity contribution in [1.82, 2.24) is 9.97 Å². The molecular formula is C29H27N3O2. The van der Waals surface area contributed by atoms with E-state index in [9.17, 15) is 9.90 Å². The van der Waals surface area contributed by atoms with Gasteiger partial charge in [0.1, 0.15) is 5.69 Å². The molecule has 170 valence electrons. The first-order chi connectivity index (χ1) is 16.7. The highest BCUT2D eigenvalue weighted by atomic mass is 16.3. The maximum absolute atomic E-state index is 12.6. The molecule has 0 saturated heterocycles. The molecule has 1 heterocycles. The van der Waals surface area contributed by atoms with Crippen molar-refractivity contribution < 1.29 is 9.90 Å². The first-order valence-corrected chi connectivity index (χ1v) is 11.4. The molecule has 4 aromatic rings. The van der Waals surface area contributed by atoms with Gasteiger partial charge in [-0.15, -0.1) is 0 Å². The standard InChI is InChI=1S/C29H27N3O2/c33-21-24-14-17-25(18-15-24)27-20-30-29(26(31-27)19-16-23-10-5-2-6-11-23)32-28(34)13-7-12-22-8-3-1-4-9-22/h1-6,8-11,14-20,33H,7,12-13,21H2,(H,30,32,34)/b19-16+. The van der Waals surface area contributed by atoms with Crippen LogP contribution in [0.3, 0.4) is 0 Å². The van der Waals surface area contributed by atoms with Gasteiger partial charge in [0.15, 0.2) is 5.82 Å². The Morgan fingerprint density at radius 3 is 2.26 bits per heavy atom. The largest absolute Gasteiger partial charge is 0.392 e.